The SMILES string of the molecule is Cc1cn(CC(C)C)c(NC(C)Cn2cccn2)n1. The van der Waals surface area contributed by atoms with Crippen molar-refractivity contribution in [2.45, 2.75) is 46.8 Å². The van der Waals surface area contributed by atoms with E-state index in [0.29, 0.717) is 5.92 Å². The molecule has 5 nitrogen and oxygen atoms in total. The van der Waals surface area contributed by atoms with Crippen LogP contribution in [0.2, 0.25) is 0 Å². The molecule has 2 aromatic heterocycles. The van der Waals surface area contributed by atoms with Crippen molar-refractivity contribution in [1.82, 2.24) is 19.3 Å². The molecule has 1 atom stereocenters. The first-order valence-electron chi connectivity index (χ1n) is 6.82. The summed E-state index contributed by atoms with van der Waals surface area (Å²) in [7, 11) is 0. The molecule has 0 saturated heterocycles. The maximum Gasteiger partial charge on any atom is 0.203 e. The van der Waals surface area contributed by atoms with Gasteiger partial charge in [0, 0.05) is 31.2 Å². The Hall–Kier alpha value is -1.78. The first kappa shape index (κ1) is 13.6. The molecule has 1 N–H and O–H groups in total. The predicted octanol–water partition coefficient (Wildman–Crippen LogP) is 2.54. The monoisotopic (exact) mass is 261 g/mol. The van der Waals surface area contributed by atoms with Crippen molar-refractivity contribution in [3.05, 3.63) is 30.4 Å². The molecule has 0 saturated carbocycles. The third-order valence-corrected chi connectivity index (χ3v) is 2.85. The molecule has 5 heteroatoms. The molecular formula is C14H23N5. The minimum absolute atomic E-state index is 0.285. The molecule has 0 fully saturated rings. The summed E-state index contributed by atoms with van der Waals surface area (Å²) in [4.78, 5) is 4.56. The lowest BCUT2D eigenvalue weighted by Gasteiger charge is -2.17. The van der Waals surface area contributed by atoms with Gasteiger partial charge in [-0.1, -0.05) is 13.8 Å². The topological polar surface area (TPSA) is 47.7 Å². The summed E-state index contributed by atoms with van der Waals surface area (Å²) in [6.45, 7) is 10.4. The minimum atomic E-state index is 0.285. The number of anilines is 1. The molecule has 0 bridgehead atoms. The fraction of sp³-hybridized carbons (Fsp3) is 0.571. The van der Waals surface area contributed by atoms with Gasteiger partial charge in [0.05, 0.1) is 12.2 Å². The number of nitrogens with zero attached hydrogens (tertiary/aromatic N) is 4. The van der Waals surface area contributed by atoms with E-state index in [4.69, 9.17) is 0 Å². The van der Waals surface area contributed by atoms with E-state index in [1.54, 1.807) is 6.20 Å². The molecule has 2 rings (SSSR count). The Morgan fingerprint density at radius 1 is 1.26 bits per heavy atom. The zero-order chi connectivity index (χ0) is 13.8. The largest absolute Gasteiger partial charge is 0.351 e. The molecule has 1 unspecified atom stereocenters. The van der Waals surface area contributed by atoms with Gasteiger partial charge in [0.15, 0.2) is 0 Å². The first-order valence-corrected chi connectivity index (χ1v) is 6.82. The smallest absolute Gasteiger partial charge is 0.203 e. The van der Waals surface area contributed by atoms with Crippen molar-refractivity contribution in [1.29, 1.82) is 0 Å². The summed E-state index contributed by atoms with van der Waals surface area (Å²) >= 11 is 0. The predicted molar refractivity (Wildman–Crippen MR) is 77.1 cm³/mol. The van der Waals surface area contributed by atoms with Gasteiger partial charge in [-0.2, -0.15) is 5.10 Å². The van der Waals surface area contributed by atoms with Crippen LogP contribution < -0.4 is 5.32 Å². The van der Waals surface area contributed by atoms with Crippen LogP contribution in [0.5, 0.6) is 0 Å². The van der Waals surface area contributed by atoms with Gasteiger partial charge in [-0.05, 0) is 25.8 Å². The summed E-state index contributed by atoms with van der Waals surface area (Å²) < 4.78 is 4.12. The van der Waals surface area contributed by atoms with E-state index in [9.17, 15) is 0 Å². The van der Waals surface area contributed by atoms with Crippen LogP contribution in [-0.2, 0) is 13.1 Å². The molecule has 2 heterocycles. The van der Waals surface area contributed by atoms with Gasteiger partial charge < -0.3 is 9.88 Å². The lowest BCUT2D eigenvalue weighted by Crippen LogP contribution is -2.24. The highest BCUT2D eigenvalue weighted by Crippen LogP contribution is 2.13. The molecule has 0 amide bonds. The maximum absolute atomic E-state index is 4.56. The minimum Gasteiger partial charge on any atom is -0.351 e. The van der Waals surface area contributed by atoms with Gasteiger partial charge in [0.25, 0.3) is 0 Å². The average molecular weight is 261 g/mol. The normalized spacial score (nSPS) is 12.9. The Morgan fingerprint density at radius 2 is 2.05 bits per heavy atom. The highest BCUT2D eigenvalue weighted by atomic mass is 15.3. The van der Waals surface area contributed by atoms with Crippen LogP contribution in [0.25, 0.3) is 0 Å². The number of nitrogens with one attached hydrogen (secondary N) is 1. The standard InChI is InChI=1S/C14H23N5/c1-11(2)8-18-9-12(3)16-14(18)17-13(4)10-19-7-5-6-15-19/h5-7,9,11,13H,8,10H2,1-4H3,(H,16,17). The summed E-state index contributed by atoms with van der Waals surface area (Å²) in [5.41, 5.74) is 1.05. The van der Waals surface area contributed by atoms with Crippen molar-refractivity contribution in [2.24, 2.45) is 5.92 Å². The van der Waals surface area contributed by atoms with Crippen molar-refractivity contribution < 1.29 is 0 Å². The van der Waals surface area contributed by atoms with Crippen molar-refractivity contribution in [2.75, 3.05) is 5.32 Å². The fourth-order valence-electron chi connectivity index (χ4n) is 2.15. The van der Waals surface area contributed by atoms with Gasteiger partial charge in [0.1, 0.15) is 0 Å². The van der Waals surface area contributed by atoms with E-state index in [-0.39, 0.29) is 6.04 Å². The molecule has 0 aliphatic carbocycles. The number of hydrogen-bond acceptors (Lipinski definition) is 3. The van der Waals surface area contributed by atoms with Crippen LogP contribution in [0.15, 0.2) is 24.7 Å². The Kier molecular flexibility index (Phi) is 4.24. The van der Waals surface area contributed by atoms with Crippen LogP contribution in [0.1, 0.15) is 26.5 Å². The number of imidazole rings is 1. The molecule has 0 aliphatic rings. The van der Waals surface area contributed by atoms with Crippen molar-refractivity contribution in [3.8, 4) is 0 Å². The van der Waals surface area contributed by atoms with E-state index in [1.807, 2.05) is 23.9 Å². The van der Waals surface area contributed by atoms with Crippen LogP contribution >= 0.6 is 0 Å². The fourth-order valence-corrected chi connectivity index (χ4v) is 2.15. The van der Waals surface area contributed by atoms with Crippen LogP contribution in [0.4, 0.5) is 5.95 Å². The zero-order valence-electron chi connectivity index (χ0n) is 12.2. The average Bonchev–Trinajstić information content (AvgIpc) is 2.89. The number of aryl methyl sites for hydroxylation is 1. The summed E-state index contributed by atoms with van der Waals surface area (Å²) in [5, 5.41) is 7.69. The number of hydrogen-bond donors (Lipinski definition) is 1. The highest BCUT2D eigenvalue weighted by molar-refractivity contribution is 5.30. The van der Waals surface area contributed by atoms with Crippen LogP contribution in [0, 0.1) is 12.8 Å². The van der Waals surface area contributed by atoms with E-state index < -0.39 is 0 Å². The molecular weight excluding hydrogens is 238 g/mol. The third kappa shape index (κ3) is 3.84. The quantitative estimate of drug-likeness (QED) is 0.869. The van der Waals surface area contributed by atoms with Gasteiger partial charge in [-0.25, -0.2) is 4.98 Å². The summed E-state index contributed by atoms with van der Waals surface area (Å²) in [6.07, 6.45) is 5.88. The molecule has 104 valence electrons. The van der Waals surface area contributed by atoms with Crippen LogP contribution in [-0.4, -0.2) is 25.4 Å². The summed E-state index contributed by atoms with van der Waals surface area (Å²) in [6, 6.07) is 2.23. The second-order valence-corrected chi connectivity index (χ2v) is 5.53. The number of aromatic nitrogens is 4. The van der Waals surface area contributed by atoms with Crippen LogP contribution in [0.3, 0.4) is 0 Å². The molecule has 0 spiro atoms. The Labute approximate surface area is 114 Å². The second-order valence-electron chi connectivity index (χ2n) is 5.53. The molecule has 0 aromatic carbocycles. The van der Waals surface area contributed by atoms with Gasteiger partial charge in [-0.3, -0.25) is 4.68 Å². The van der Waals surface area contributed by atoms with Gasteiger partial charge in [0.2, 0.25) is 5.95 Å². The first-order chi connectivity index (χ1) is 9.04. The maximum atomic E-state index is 4.56. The second kappa shape index (κ2) is 5.91. The van der Waals surface area contributed by atoms with E-state index in [1.165, 1.54) is 0 Å². The van der Waals surface area contributed by atoms with E-state index >= 15 is 0 Å². The van der Waals surface area contributed by atoms with E-state index in [0.717, 1.165) is 24.7 Å². The highest BCUT2D eigenvalue weighted by Gasteiger charge is 2.10. The molecule has 0 radical (unpaired) electrons. The van der Waals surface area contributed by atoms with E-state index in [2.05, 4.69) is 46.9 Å². The lowest BCUT2D eigenvalue weighted by atomic mass is 10.2. The van der Waals surface area contributed by atoms with Gasteiger partial charge >= 0.3 is 0 Å². The zero-order valence-corrected chi connectivity index (χ0v) is 12.2. The Balaban J connectivity index is 2.01. The number of rotatable bonds is 6. The van der Waals surface area contributed by atoms with Crippen molar-refractivity contribution >= 4 is 5.95 Å². The third-order valence-electron chi connectivity index (χ3n) is 2.85. The Morgan fingerprint density at radius 3 is 2.68 bits per heavy atom. The molecule has 19 heavy (non-hydrogen) atoms. The van der Waals surface area contributed by atoms with Gasteiger partial charge in [-0.15, -0.1) is 0 Å². The van der Waals surface area contributed by atoms with Crippen molar-refractivity contribution in [3.63, 3.8) is 0 Å². The molecule has 0 aliphatic heterocycles. The molecule has 2 aromatic rings. The Bertz CT molecular complexity index is 498. The lowest BCUT2D eigenvalue weighted by molar-refractivity contribution is 0.516. The summed E-state index contributed by atoms with van der Waals surface area (Å²) in [5.74, 6) is 1.56.